The molecule has 0 N–H and O–H groups in total. The average molecular weight is 211 g/mol. The number of carbonyl (C=O) groups excluding carboxylic acids is 1. The molecule has 2 nitrogen and oxygen atoms in total. The molecule has 1 aliphatic heterocycles. The second-order valence-electron chi connectivity index (χ2n) is 3.68. The zero-order valence-corrected chi connectivity index (χ0v) is 8.67. The van der Waals surface area contributed by atoms with E-state index in [2.05, 4.69) is 0 Å². The third kappa shape index (κ3) is 1.50. The highest BCUT2D eigenvalue weighted by atomic mass is 35.5. The van der Waals surface area contributed by atoms with Crippen LogP contribution >= 0.6 is 11.6 Å². The van der Waals surface area contributed by atoms with Gasteiger partial charge in [-0.05, 0) is 13.0 Å². The summed E-state index contributed by atoms with van der Waals surface area (Å²) in [5.74, 6) is -0.146. The van der Waals surface area contributed by atoms with Crippen LogP contribution in [0.4, 0.5) is 0 Å². The predicted octanol–water partition coefficient (Wildman–Crippen LogP) is 2.89. The molecule has 1 unspecified atom stereocenters. The number of benzene rings is 1. The third-order valence-electron chi connectivity index (χ3n) is 2.59. The minimum absolute atomic E-state index is 0.146. The lowest BCUT2D eigenvalue weighted by Crippen LogP contribution is -2.21. The fourth-order valence-corrected chi connectivity index (χ4v) is 2.11. The lowest BCUT2D eigenvalue weighted by Gasteiger charge is -2.23. The number of hydrogen-bond donors (Lipinski definition) is 0. The van der Waals surface area contributed by atoms with Gasteiger partial charge in [-0.1, -0.05) is 29.8 Å². The first-order valence-corrected chi connectivity index (χ1v) is 4.96. The second-order valence-corrected chi connectivity index (χ2v) is 4.09. The summed E-state index contributed by atoms with van der Waals surface area (Å²) < 4.78 is 5.29. The Morgan fingerprint density at radius 3 is 2.71 bits per heavy atom. The van der Waals surface area contributed by atoms with Crippen LogP contribution in [0.25, 0.3) is 0 Å². The molecule has 1 fully saturated rings. The number of hydrogen-bond acceptors (Lipinski definition) is 2. The first-order valence-electron chi connectivity index (χ1n) is 4.59. The molecule has 3 heteroatoms. The summed E-state index contributed by atoms with van der Waals surface area (Å²) in [6.07, 6.45) is 1.18. The minimum Gasteiger partial charge on any atom is -0.454 e. The lowest BCUT2D eigenvalue weighted by molar-refractivity contribution is -0.147. The molecule has 1 saturated heterocycles. The monoisotopic (exact) mass is 210 g/mol. The van der Waals surface area contributed by atoms with Crippen molar-refractivity contribution >= 4 is 17.6 Å². The van der Waals surface area contributed by atoms with Gasteiger partial charge in [0.2, 0.25) is 0 Å². The number of cyclic esters (lactones) is 1. The van der Waals surface area contributed by atoms with Gasteiger partial charge in [0.25, 0.3) is 0 Å². The predicted molar refractivity (Wildman–Crippen MR) is 54.1 cm³/mol. The average Bonchev–Trinajstić information content (AvgIpc) is 2.48. The van der Waals surface area contributed by atoms with Gasteiger partial charge < -0.3 is 4.74 Å². The number of esters is 1. The second kappa shape index (κ2) is 3.28. The summed E-state index contributed by atoms with van der Waals surface area (Å²) >= 11 is 6.05. The van der Waals surface area contributed by atoms with Crippen molar-refractivity contribution in [1.29, 1.82) is 0 Å². The first kappa shape index (κ1) is 9.53. The topological polar surface area (TPSA) is 26.3 Å². The Labute approximate surface area is 87.8 Å². The van der Waals surface area contributed by atoms with Crippen molar-refractivity contribution in [2.75, 3.05) is 0 Å². The number of rotatable bonds is 1. The lowest BCUT2D eigenvalue weighted by atomic mass is 9.93. The quantitative estimate of drug-likeness (QED) is 0.667. The molecule has 1 aromatic rings. The summed E-state index contributed by atoms with van der Waals surface area (Å²) in [7, 11) is 0. The van der Waals surface area contributed by atoms with Crippen LogP contribution in [-0.2, 0) is 15.1 Å². The van der Waals surface area contributed by atoms with Gasteiger partial charge in [-0.15, -0.1) is 0 Å². The molecule has 0 spiro atoms. The van der Waals surface area contributed by atoms with Crippen LogP contribution in [0.2, 0.25) is 5.02 Å². The van der Waals surface area contributed by atoms with Gasteiger partial charge in [0, 0.05) is 23.4 Å². The van der Waals surface area contributed by atoms with E-state index in [0.29, 0.717) is 17.9 Å². The van der Waals surface area contributed by atoms with Crippen molar-refractivity contribution in [2.45, 2.75) is 25.4 Å². The molecule has 1 aromatic carbocycles. The van der Waals surface area contributed by atoms with Gasteiger partial charge >= 0.3 is 5.97 Å². The van der Waals surface area contributed by atoms with E-state index >= 15 is 0 Å². The van der Waals surface area contributed by atoms with Gasteiger partial charge in [-0.3, -0.25) is 4.79 Å². The van der Waals surface area contributed by atoms with E-state index in [4.69, 9.17) is 16.3 Å². The van der Waals surface area contributed by atoms with Crippen LogP contribution in [0.1, 0.15) is 25.3 Å². The molecule has 0 aliphatic carbocycles. The fourth-order valence-electron chi connectivity index (χ4n) is 1.77. The fraction of sp³-hybridized carbons (Fsp3) is 0.364. The highest BCUT2D eigenvalue weighted by Crippen LogP contribution is 2.39. The van der Waals surface area contributed by atoms with E-state index in [1.54, 1.807) is 0 Å². The molecule has 0 saturated carbocycles. The first-order chi connectivity index (χ1) is 6.62. The molecule has 74 valence electrons. The molecule has 0 aromatic heterocycles. The van der Waals surface area contributed by atoms with Crippen LogP contribution in [-0.4, -0.2) is 5.97 Å². The molecule has 14 heavy (non-hydrogen) atoms. The summed E-state index contributed by atoms with van der Waals surface area (Å²) in [5, 5.41) is 0.657. The normalized spacial score (nSPS) is 26.3. The molecule has 0 bridgehead atoms. The van der Waals surface area contributed by atoms with Crippen molar-refractivity contribution in [3.8, 4) is 0 Å². The van der Waals surface area contributed by atoms with Crippen LogP contribution < -0.4 is 0 Å². The van der Waals surface area contributed by atoms with Crippen molar-refractivity contribution in [3.05, 3.63) is 34.9 Å². The Morgan fingerprint density at radius 1 is 1.43 bits per heavy atom. The number of halogens is 1. The Kier molecular flexibility index (Phi) is 2.23. The zero-order chi connectivity index (χ0) is 10.2. The van der Waals surface area contributed by atoms with Gasteiger partial charge in [0.1, 0.15) is 5.60 Å². The molecule has 1 aliphatic rings. The Bertz CT molecular complexity index is 375. The Morgan fingerprint density at radius 2 is 2.14 bits per heavy atom. The summed E-state index contributed by atoms with van der Waals surface area (Å²) in [6.45, 7) is 1.90. The smallest absolute Gasteiger partial charge is 0.306 e. The summed E-state index contributed by atoms with van der Waals surface area (Å²) in [4.78, 5) is 11.1. The van der Waals surface area contributed by atoms with Crippen LogP contribution in [0.15, 0.2) is 24.3 Å². The Balaban J connectivity index is 2.40. The van der Waals surface area contributed by atoms with E-state index in [1.165, 1.54) is 0 Å². The zero-order valence-electron chi connectivity index (χ0n) is 7.92. The van der Waals surface area contributed by atoms with Crippen LogP contribution in [0.5, 0.6) is 0 Å². The molecule has 0 amide bonds. The highest BCUT2D eigenvalue weighted by molar-refractivity contribution is 6.31. The number of carbonyl (C=O) groups is 1. The van der Waals surface area contributed by atoms with Gasteiger partial charge in [-0.2, -0.15) is 0 Å². The van der Waals surface area contributed by atoms with Crippen molar-refractivity contribution in [3.63, 3.8) is 0 Å². The third-order valence-corrected chi connectivity index (χ3v) is 2.92. The highest BCUT2D eigenvalue weighted by Gasteiger charge is 2.38. The van der Waals surface area contributed by atoms with Crippen molar-refractivity contribution in [1.82, 2.24) is 0 Å². The maximum Gasteiger partial charge on any atom is 0.306 e. The Hall–Kier alpha value is -1.02. The molecule has 2 rings (SSSR count). The molecule has 0 radical (unpaired) electrons. The SMILES string of the molecule is CC1(c2ccccc2Cl)CCC(=O)O1. The van der Waals surface area contributed by atoms with Crippen LogP contribution in [0.3, 0.4) is 0 Å². The largest absolute Gasteiger partial charge is 0.454 e. The molecular formula is C11H11ClO2. The summed E-state index contributed by atoms with van der Waals surface area (Å²) in [5.41, 5.74) is 0.364. The van der Waals surface area contributed by atoms with Gasteiger partial charge in [0.05, 0.1) is 0 Å². The molecular weight excluding hydrogens is 200 g/mol. The molecule has 1 heterocycles. The van der Waals surface area contributed by atoms with Crippen molar-refractivity contribution in [2.24, 2.45) is 0 Å². The van der Waals surface area contributed by atoms with E-state index in [-0.39, 0.29) is 5.97 Å². The minimum atomic E-state index is -0.532. The van der Waals surface area contributed by atoms with Crippen LogP contribution in [0, 0.1) is 0 Å². The van der Waals surface area contributed by atoms with E-state index < -0.39 is 5.60 Å². The van der Waals surface area contributed by atoms with E-state index in [0.717, 1.165) is 5.56 Å². The maximum absolute atomic E-state index is 11.1. The van der Waals surface area contributed by atoms with Gasteiger partial charge in [0.15, 0.2) is 0 Å². The maximum atomic E-state index is 11.1. The standard InChI is InChI=1S/C11H11ClO2/c1-11(7-6-10(13)14-11)8-4-2-3-5-9(8)12/h2-5H,6-7H2,1H3. The molecule has 1 atom stereocenters. The summed E-state index contributed by atoms with van der Waals surface area (Å²) in [6, 6.07) is 7.49. The van der Waals surface area contributed by atoms with Crippen molar-refractivity contribution < 1.29 is 9.53 Å². The van der Waals surface area contributed by atoms with E-state index in [9.17, 15) is 4.79 Å². The van der Waals surface area contributed by atoms with Gasteiger partial charge in [-0.25, -0.2) is 0 Å². The number of ether oxygens (including phenoxy) is 1. The van der Waals surface area contributed by atoms with E-state index in [1.807, 2.05) is 31.2 Å².